The number of rotatable bonds is 5. The Kier molecular flexibility index (Phi) is 4.68. The second-order valence-corrected chi connectivity index (χ2v) is 4.02. The number of nitrogens with one attached hydrogen (secondary N) is 1. The third kappa shape index (κ3) is 4.72. The maximum Gasteiger partial charge on any atom is 0.389 e. The number of hydrogen-bond donors (Lipinski definition) is 1. The van der Waals surface area contributed by atoms with E-state index in [1.165, 1.54) is 13.0 Å². The molecule has 1 aromatic rings. The summed E-state index contributed by atoms with van der Waals surface area (Å²) in [6.45, 7) is 1.34. The Balaban J connectivity index is 2.72. The van der Waals surface area contributed by atoms with Crippen molar-refractivity contribution in [3.05, 3.63) is 33.6 Å². The molecule has 0 heterocycles. The molecule has 1 aromatic carbocycles. The summed E-state index contributed by atoms with van der Waals surface area (Å²) >= 11 is 0. The van der Waals surface area contributed by atoms with Gasteiger partial charge in [0, 0.05) is 13.0 Å². The Bertz CT molecular complexity index is 474. The fourth-order valence-corrected chi connectivity index (χ4v) is 1.48. The lowest BCUT2D eigenvalue weighted by atomic mass is 10.1. The molecular formula is C11H12F4N2O2. The molecule has 1 rings (SSSR count). The number of hydrogen-bond acceptors (Lipinski definition) is 3. The van der Waals surface area contributed by atoms with Crippen molar-refractivity contribution in [1.29, 1.82) is 0 Å². The van der Waals surface area contributed by atoms with Gasteiger partial charge in [0.25, 0.3) is 5.69 Å². The smallest absolute Gasteiger partial charge is 0.379 e. The van der Waals surface area contributed by atoms with Crippen molar-refractivity contribution in [2.75, 3.05) is 11.9 Å². The highest BCUT2D eigenvalue weighted by Gasteiger charge is 2.26. The molecule has 0 saturated heterocycles. The van der Waals surface area contributed by atoms with Crippen molar-refractivity contribution in [3.63, 3.8) is 0 Å². The molecule has 0 radical (unpaired) electrons. The number of alkyl halides is 3. The van der Waals surface area contributed by atoms with Crippen molar-refractivity contribution < 1.29 is 22.5 Å². The molecule has 4 nitrogen and oxygen atoms in total. The Morgan fingerprint density at radius 3 is 2.53 bits per heavy atom. The Labute approximate surface area is 106 Å². The lowest BCUT2D eigenvalue weighted by molar-refractivity contribution is -0.384. The number of nitro benzene ring substituents is 1. The molecule has 106 valence electrons. The maximum absolute atomic E-state index is 13.2. The fourth-order valence-electron chi connectivity index (χ4n) is 1.48. The molecule has 0 aromatic heterocycles. The average Bonchev–Trinajstić information content (AvgIpc) is 2.27. The van der Waals surface area contributed by atoms with Crippen molar-refractivity contribution in [2.24, 2.45) is 0 Å². The predicted octanol–water partition coefficient (Wildman–Crippen LogP) is 3.80. The largest absolute Gasteiger partial charge is 0.389 e. The summed E-state index contributed by atoms with van der Waals surface area (Å²) in [6, 6.07) is 1.96. The number of halogens is 4. The predicted molar refractivity (Wildman–Crippen MR) is 61.6 cm³/mol. The number of anilines is 1. The molecule has 0 aliphatic rings. The van der Waals surface area contributed by atoms with Crippen LogP contribution in [0.1, 0.15) is 18.4 Å². The minimum absolute atomic E-state index is 0.0195. The average molecular weight is 280 g/mol. The fraction of sp³-hybridized carbons (Fsp3) is 0.455. The van der Waals surface area contributed by atoms with E-state index in [-0.39, 0.29) is 24.2 Å². The van der Waals surface area contributed by atoms with Crippen LogP contribution in [0.2, 0.25) is 0 Å². The van der Waals surface area contributed by atoms with Crippen LogP contribution in [0.3, 0.4) is 0 Å². The molecule has 0 amide bonds. The Morgan fingerprint density at radius 1 is 1.37 bits per heavy atom. The van der Waals surface area contributed by atoms with E-state index in [0.717, 1.165) is 6.07 Å². The normalized spacial score (nSPS) is 11.4. The van der Waals surface area contributed by atoms with Gasteiger partial charge in [0.1, 0.15) is 11.5 Å². The summed E-state index contributed by atoms with van der Waals surface area (Å²) in [5.41, 5.74) is -0.287. The van der Waals surface area contributed by atoms with E-state index in [0.29, 0.717) is 0 Å². The molecule has 0 fully saturated rings. The van der Waals surface area contributed by atoms with Gasteiger partial charge in [-0.1, -0.05) is 0 Å². The monoisotopic (exact) mass is 280 g/mol. The second-order valence-electron chi connectivity index (χ2n) is 4.02. The molecule has 0 aliphatic carbocycles. The van der Waals surface area contributed by atoms with Crippen LogP contribution in [0.4, 0.5) is 28.9 Å². The van der Waals surface area contributed by atoms with E-state index in [1.54, 1.807) is 0 Å². The van der Waals surface area contributed by atoms with E-state index in [1.807, 2.05) is 0 Å². The van der Waals surface area contributed by atoms with Gasteiger partial charge in [-0.15, -0.1) is 0 Å². The first kappa shape index (κ1) is 15.2. The first-order valence-corrected chi connectivity index (χ1v) is 5.46. The van der Waals surface area contributed by atoms with E-state index < -0.39 is 29.0 Å². The summed E-state index contributed by atoms with van der Waals surface area (Å²) < 4.78 is 48.9. The molecule has 0 aliphatic heterocycles. The van der Waals surface area contributed by atoms with Crippen LogP contribution in [-0.2, 0) is 0 Å². The van der Waals surface area contributed by atoms with Crippen LogP contribution in [0.25, 0.3) is 0 Å². The van der Waals surface area contributed by atoms with Gasteiger partial charge in [-0.2, -0.15) is 13.2 Å². The number of nitrogens with zero attached hydrogens (tertiary/aromatic N) is 1. The summed E-state index contributed by atoms with van der Waals surface area (Å²) in [5.74, 6) is -0.729. The Morgan fingerprint density at radius 2 is 2.00 bits per heavy atom. The minimum Gasteiger partial charge on any atom is -0.379 e. The third-order valence-corrected chi connectivity index (χ3v) is 2.43. The van der Waals surface area contributed by atoms with Crippen LogP contribution in [0.5, 0.6) is 0 Å². The zero-order valence-electron chi connectivity index (χ0n) is 10.1. The van der Waals surface area contributed by atoms with Gasteiger partial charge in [0.2, 0.25) is 0 Å². The van der Waals surface area contributed by atoms with Gasteiger partial charge < -0.3 is 5.32 Å². The highest BCUT2D eigenvalue weighted by Crippen LogP contribution is 2.28. The van der Waals surface area contributed by atoms with Crippen LogP contribution >= 0.6 is 0 Å². The second kappa shape index (κ2) is 5.85. The molecule has 0 unspecified atom stereocenters. The minimum atomic E-state index is -4.26. The Hall–Kier alpha value is -1.86. The standard InChI is InChI=1S/C11H12F4N2O2/c1-7-5-9(10(17(18)19)6-8(7)12)16-4-2-3-11(13,14)15/h5-6,16H,2-4H2,1H3. The van der Waals surface area contributed by atoms with Crippen molar-refractivity contribution in [1.82, 2.24) is 0 Å². The van der Waals surface area contributed by atoms with Gasteiger partial charge in [-0.25, -0.2) is 4.39 Å². The van der Waals surface area contributed by atoms with Crippen LogP contribution in [-0.4, -0.2) is 17.6 Å². The third-order valence-electron chi connectivity index (χ3n) is 2.43. The molecule has 0 bridgehead atoms. The first-order chi connectivity index (χ1) is 8.70. The topological polar surface area (TPSA) is 55.2 Å². The highest BCUT2D eigenvalue weighted by molar-refractivity contribution is 5.63. The summed E-state index contributed by atoms with van der Waals surface area (Å²) in [6.07, 6.45) is -5.45. The molecule has 0 spiro atoms. The summed E-state index contributed by atoms with van der Waals surface area (Å²) in [4.78, 5) is 9.91. The molecule has 19 heavy (non-hydrogen) atoms. The van der Waals surface area contributed by atoms with E-state index in [9.17, 15) is 27.7 Å². The zero-order valence-corrected chi connectivity index (χ0v) is 10.1. The lowest BCUT2D eigenvalue weighted by Gasteiger charge is -2.09. The van der Waals surface area contributed by atoms with Gasteiger partial charge in [-0.3, -0.25) is 10.1 Å². The highest BCUT2D eigenvalue weighted by atomic mass is 19.4. The van der Waals surface area contributed by atoms with Gasteiger partial charge in [-0.05, 0) is 25.0 Å². The first-order valence-electron chi connectivity index (χ1n) is 5.46. The molecule has 0 saturated carbocycles. The van der Waals surface area contributed by atoms with E-state index >= 15 is 0 Å². The SMILES string of the molecule is Cc1cc(NCCCC(F)(F)F)c([N+](=O)[O-])cc1F. The summed E-state index contributed by atoms with van der Waals surface area (Å²) in [5, 5.41) is 13.2. The maximum atomic E-state index is 13.2. The van der Waals surface area contributed by atoms with Crippen LogP contribution < -0.4 is 5.32 Å². The van der Waals surface area contributed by atoms with Crippen molar-refractivity contribution >= 4 is 11.4 Å². The molecule has 8 heteroatoms. The summed E-state index contributed by atoms with van der Waals surface area (Å²) in [7, 11) is 0. The van der Waals surface area contributed by atoms with Crippen LogP contribution in [0.15, 0.2) is 12.1 Å². The molecular weight excluding hydrogens is 268 g/mol. The van der Waals surface area contributed by atoms with E-state index in [2.05, 4.69) is 5.32 Å². The van der Waals surface area contributed by atoms with Gasteiger partial charge in [0.05, 0.1) is 11.0 Å². The van der Waals surface area contributed by atoms with Crippen molar-refractivity contribution in [3.8, 4) is 0 Å². The number of benzene rings is 1. The van der Waals surface area contributed by atoms with E-state index in [4.69, 9.17) is 0 Å². The van der Waals surface area contributed by atoms with Gasteiger partial charge in [0.15, 0.2) is 0 Å². The van der Waals surface area contributed by atoms with Crippen LogP contribution in [0, 0.1) is 22.9 Å². The molecule has 0 atom stereocenters. The van der Waals surface area contributed by atoms with Crippen molar-refractivity contribution in [2.45, 2.75) is 25.9 Å². The molecule has 1 N–H and O–H groups in total. The number of nitro groups is 1. The number of aryl methyl sites for hydroxylation is 1. The quantitative estimate of drug-likeness (QED) is 0.386. The lowest BCUT2D eigenvalue weighted by Crippen LogP contribution is -2.11. The van der Waals surface area contributed by atoms with Gasteiger partial charge >= 0.3 is 6.18 Å². The zero-order chi connectivity index (χ0) is 14.6.